The van der Waals surface area contributed by atoms with Gasteiger partial charge in [0.1, 0.15) is 5.75 Å². The number of benzene rings is 1. The number of fused-ring (bicyclic) bond motifs is 1. The van der Waals surface area contributed by atoms with Crippen LogP contribution < -0.4 is 10.5 Å². The van der Waals surface area contributed by atoms with Crippen LogP contribution in [-0.4, -0.2) is 35.9 Å². The molecule has 1 aliphatic heterocycles. The second-order valence-electron chi connectivity index (χ2n) is 6.94. The number of hydrogen-bond donors (Lipinski definition) is 1. The number of carbonyl (C=O) groups is 2. The highest BCUT2D eigenvalue weighted by Crippen LogP contribution is 2.35. The van der Waals surface area contributed by atoms with E-state index in [1.165, 1.54) is 25.7 Å². The van der Waals surface area contributed by atoms with Crippen LogP contribution in [0.4, 0.5) is 0 Å². The molecule has 1 aliphatic carbocycles. The molecule has 1 aromatic rings. The number of amides is 2. The lowest BCUT2D eigenvalue weighted by molar-refractivity contribution is -0.132. The van der Waals surface area contributed by atoms with Crippen molar-refractivity contribution in [3.05, 3.63) is 35.9 Å². The van der Waals surface area contributed by atoms with Crippen LogP contribution in [0.25, 0.3) is 6.08 Å². The average molecular weight is 342 g/mol. The number of nitrogens with two attached hydrogens (primary N) is 1. The molecule has 5 nitrogen and oxygen atoms in total. The molecule has 1 aromatic carbocycles. The Labute approximate surface area is 148 Å². The molecule has 2 aliphatic rings. The van der Waals surface area contributed by atoms with E-state index >= 15 is 0 Å². The predicted octanol–water partition coefficient (Wildman–Crippen LogP) is 2.75. The third-order valence-corrected chi connectivity index (χ3v) is 5.21. The van der Waals surface area contributed by atoms with E-state index < -0.39 is 5.91 Å². The zero-order chi connectivity index (χ0) is 17.6. The summed E-state index contributed by atoms with van der Waals surface area (Å²) in [7, 11) is 0. The van der Waals surface area contributed by atoms with Crippen LogP contribution in [0.15, 0.2) is 30.3 Å². The molecule has 1 saturated carbocycles. The lowest BCUT2D eigenvalue weighted by atomic mass is 9.78. The minimum atomic E-state index is -0.503. The SMILES string of the molecule is NC(=O)COc1ccc(/C=C/C(=O)N2CCCC3CCCCC32)cc1. The molecule has 2 amide bonds. The zero-order valence-corrected chi connectivity index (χ0v) is 14.5. The minimum Gasteiger partial charge on any atom is -0.484 e. The normalized spacial score (nSPS) is 23.3. The Bertz CT molecular complexity index is 637. The highest BCUT2D eigenvalue weighted by molar-refractivity contribution is 5.92. The molecule has 134 valence electrons. The van der Waals surface area contributed by atoms with Gasteiger partial charge in [0.15, 0.2) is 6.61 Å². The van der Waals surface area contributed by atoms with Crippen LogP contribution in [-0.2, 0) is 9.59 Å². The lowest BCUT2D eigenvalue weighted by Crippen LogP contribution is -2.49. The average Bonchev–Trinajstić information content (AvgIpc) is 2.64. The molecule has 1 saturated heterocycles. The Morgan fingerprint density at radius 3 is 2.60 bits per heavy atom. The monoisotopic (exact) mass is 342 g/mol. The Morgan fingerprint density at radius 2 is 1.84 bits per heavy atom. The third-order valence-electron chi connectivity index (χ3n) is 5.21. The van der Waals surface area contributed by atoms with E-state index in [0.717, 1.165) is 24.9 Å². The van der Waals surface area contributed by atoms with Crippen LogP contribution in [0, 0.1) is 5.92 Å². The van der Waals surface area contributed by atoms with Gasteiger partial charge in [0, 0.05) is 18.7 Å². The maximum atomic E-state index is 12.6. The summed E-state index contributed by atoms with van der Waals surface area (Å²) in [6.07, 6.45) is 10.9. The number of hydrogen-bond acceptors (Lipinski definition) is 3. The molecule has 0 spiro atoms. The molecule has 25 heavy (non-hydrogen) atoms. The Kier molecular flexibility index (Phi) is 5.74. The molecular weight excluding hydrogens is 316 g/mol. The smallest absolute Gasteiger partial charge is 0.255 e. The van der Waals surface area contributed by atoms with Crippen LogP contribution in [0.2, 0.25) is 0 Å². The number of carbonyl (C=O) groups excluding carboxylic acids is 2. The summed E-state index contributed by atoms with van der Waals surface area (Å²) < 4.78 is 5.23. The fraction of sp³-hybridized carbons (Fsp3) is 0.500. The molecule has 0 aromatic heterocycles. The predicted molar refractivity (Wildman–Crippen MR) is 96.9 cm³/mol. The van der Waals surface area contributed by atoms with E-state index in [1.54, 1.807) is 18.2 Å². The van der Waals surface area contributed by atoms with Gasteiger partial charge in [0.05, 0.1) is 0 Å². The minimum absolute atomic E-state index is 0.116. The summed E-state index contributed by atoms with van der Waals surface area (Å²) in [5.74, 6) is 0.896. The Hall–Kier alpha value is -2.30. The standard InChI is InChI=1S/C20H26N2O3/c21-19(23)14-25-17-10-7-15(8-11-17)9-12-20(24)22-13-3-5-16-4-1-2-6-18(16)22/h7-12,16,18H,1-6,13-14H2,(H2,21,23)/b12-9+. The maximum Gasteiger partial charge on any atom is 0.255 e. The Morgan fingerprint density at radius 1 is 1.12 bits per heavy atom. The molecule has 0 radical (unpaired) electrons. The van der Waals surface area contributed by atoms with E-state index in [2.05, 4.69) is 4.90 Å². The van der Waals surface area contributed by atoms with Crippen molar-refractivity contribution >= 4 is 17.9 Å². The first-order chi connectivity index (χ1) is 12.1. The molecule has 2 N–H and O–H groups in total. The number of likely N-dealkylation sites (tertiary alicyclic amines) is 1. The second-order valence-corrected chi connectivity index (χ2v) is 6.94. The highest BCUT2D eigenvalue weighted by Gasteiger charge is 2.34. The van der Waals surface area contributed by atoms with Crippen molar-refractivity contribution < 1.29 is 14.3 Å². The fourth-order valence-electron chi connectivity index (χ4n) is 3.99. The van der Waals surface area contributed by atoms with Crippen molar-refractivity contribution in [2.24, 2.45) is 11.7 Å². The fourth-order valence-corrected chi connectivity index (χ4v) is 3.99. The van der Waals surface area contributed by atoms with Crippen molar-refractivity contribution in [2.75, 3.05) is 13.2 Å². The summed E-state index contributed by atoms with van der Waals surface area (Å²) >= 11 is 0. The van der Waals surface area contributed by atoms with E-state index in [4.69, 9.17) is 10.5 Å². The van der Waals surface area contributed by atoms with Gasteiger partial charge in [0.25, 0.3) is 5.91 Å². The van der Waals surface area contributed by atoms with Gasteiger partial charge in [0.2, 0.25) is 5.91 Å². The van der Waals surface area contributed by atoms with Gasteiger partial charge >= 0.3 is 0 Å². The first-order valence-electron chi connectivity index (χ1n) is 9.13. The third kappa shape index (κ3) is 4.62. The summed E-state index contributed by atoms with van der Waals surface area (Å²) in [5, 5.41) is 0. The van der Waals surface area contributed by atoms with Gasteiger partial charge in [-0.3, -0.25) is 9.59 Å². The maximum absolute atomic E-state index is 12.6. The second kappa shape index (κ2) is 8.19. The number of nitrogens with zero attached hydrogens (tertiary/aromatic N) is 1. The largest absolute Gasteiger partial charge is 0.484 e. The topological polar surface area (TPSA) is 72.6 Å². The van der Waals surface area contributed by atoms with E-state index in [1.807, 2.05) is 18.2 Å². The van der Waals surface area contributed by atoms with Crippen LogP contribution in [0.1, 0.15) is 44.1 Å². The van der Waals surface area contributed by atoms with Crippen molar-refractivity contribution in [2.45, 2.75) is 44.6 Å². The zero-order valence-electron chi connectivity index (χ0n) is 14.5. The number of rotatable bonds is 5. The molecule has 5 heteroatoms. The van der Waals surface area contributed by atoms with Gasteiger partial charge in [-0.25, -0.2) is 0 Å². The van der Waals surface area contributed by atoms with Gasteiger partial charge < -0.3 is 15.4 Å². The van der Waals surface area contributed by atoms with E-state index in [-0.39, 0.29) is 12.5 Å². The van der Waals surface area contributed by atoms with E-state index in [0.29, 0.717) is 17.7 Å². The number of piperidine rings is 1. The molecule has 2 fully saturated rings. The van der Waals surface area contributed by atoms with Gasteiger partial charge in [-0.05, 0) is 55.4 Å². The summed E-state index contributed by atoms with van der Waals surface area (Å²) in [6, 6.07) is 7.69. The van der Waals surface area contributed by atoms with Gasteiger partial charge in [-0.2, -0.15) is 0 Å². The molecule has 3 rings (SSSR count). The Balaban J connectivity index is 1.59. The van der Waals surface area contributed by atoms with Crippen molar-refractivity contribution in [3.8, 4) is 5.75 Å². The first-order valence-corrected chi connectivity index (χ1v) is 9.13. The van der Waals surface area contributed by atoms with Crippen LogP contribution >= 0.6 is 0 Å². The van der Waals surface area contributed by atoms with Crippen LogP contribution in [0.3, 0.4) is 0 Å². The first kappa shape index (κ1) is 17.5. The number of primary amides is 1. The molecular formula is C20H26N2O3. The van der Waals surface area contributed by atoms with Crippen molar-refractivity contribution in [1.82, 2.24) is 4.90 Å². The lowest BCUT2D eigenvalue weighted by Gasteiger charge is -2.43. The summed E-state index contributed by atoms with van der Waals surface area (Å²) in [6.45, 7) is 0.745. The molecule has 1 heterocycles. The van der Waals surface area contributed by atoms with Crippen molar-refractivity contribution in [3.63, 3.8) is 0 Å². The van der Waals surface area contributed by atoms with E-state index in [9.17, 15) is 9.59 Å². The quantitative estimate of drug-likeness (QED) is 0.836. The summed E-state index contributed by atoms with van der Waals surface area (Å²) in [4.78, 5) is 25.4. The van der Waals surface area contributed by atoms with Gasteiger partial charge in [-0.1, -0.05) is 25.0 Å². The van der Waals surface area contributed by atoms with Gasteiger partial charge in [-0.15, -0.1) is 0 Å². The van der Waals surface area contributed by atoms with Crippen LogP contribution in [0.5, 0.6) is 5.75 Å². The molecule has 2 atom stereocenters. The highest BCUT2D eigenvalue weighted by atomic mass is 16.5. The molecule has 2 unspecified atom stereocenters. The summed E-state index contributed by atoms with van der Waals surface area (Å²) in [5.41, 5.74) is 5.98. The van der Waals surface area contributed by atoms with Crippen molar-refractivity contribution in [1.29, 1.82) is 0 Å². The number of ether oxygens (including phenoxy) is 1. The molecule has 0 bridgehead atoms.